The molecule has 1 aliphatic rings. The number of para-hydroxylation sites is 1. The van der Waals surface area contributed by atoms with Gasteiger partial charge in [-0.2, -0.15) is 0 Å². The molecule has 0 aromatic heterocycles. The molecule has 0 heterocycles. The fourth-order valence-corrected chi connectivity index (χ4v) is 2.46. The monoisotopic (exact) mass is 263 g/mol. The quantitative estimate of drug-likeness (QED) is 0.576. The Labute approximate surface area is 114 Å². The van der Waals surface area contributed by atoms with E-state index in [4.69, 9.17) is 12.2 Å². The van der Waals surface area contributed by atoms with Gasteiger partial charge < -0.3 is 5.32 Å². The third-order valence-electron chi connectivity index (χ3n) is 3.37. The third kappa shape index (κ3) is 4.53. The largest absolute Gasteiger partial charge is 0.361 e. The highest BCUT2D eigenvalue weighted by molar-refractivity contribution is 7.80. The van der Waals surface area contributed by atoms with Gasteiger partial charge in [0.05, 0.1) is 5.69 Å². The van der Waals surface area contributed by atoms with Crippen LogP contribution in [0.1, 0.15) is 32.1 Å². The van der Waals surface area contributed by atoms with Crippen molar-refractivity contribution in [3.63, 3.8) is 0 Å². The van der Waals surface area contributed by atoms with Crippen molar-refractivity contribution in [3.05, 3.63) is 30.3 Å². The minimum Gasteiger partial charge on any atom is -0.361 e. The summed E-state index contributed by atoms with van der Waals surface area (Å²) in [6, 6.07) is 9.96. The summed E-state index contributed by atoms with van der Waals surface area (Å²) in [6.07, 6.45) is 6.81. The highest BCUT2D eigenvalue weighted by Crippen LogP contribution is 2.22. The van der Waals surface area contributed by atoms with Gasteiger partial charge in [0.15, 0.2) is 5.11 Å². The van der Waals surface area contributed by atoms with E-state index in [1.54, 1.807) is 0 Å². The lowest BCUT2D eigenvalue weighted by atomic mass is 9.89. The third-order valence-corrected chi connectivity index (χ3v) is 3.62. The smallest absolute Gasteiger partial charge is 0.185 e. The summed E-state index contributed by atoms with van der Waals surface area (Å²) in [5, 5.41) is 3.95. The predicted molar refractivity (Wildman–Crippen MR) is 80.4 cm³/mol. The van der Waals surface area contributed by atoms with E-state index in [9.17, 15) is 0 Å². The van der Waals surface area contributed by atoms with Gasteiger partial charge >= 0.3 is 0 Å². The molecule has 0 spiro atoms. The Morgan fingerprint density at radius 2 is 1.83 bits per heavy atom. The molecule has 3 nitrogen and oxygen atoms in total. The number of thiocarbonyl (C=S) groups is 1. The van der Waals surface area contributed by atoms with Crippen LogP contribution in [0.2, 0.25) is 0 Å². The van der Waals surface area contributed by atoms with Crippen LogP contribution in [0.15, 0.2) is 30.3 Å². The summed E-state index contributed by atoms with van der Waals surface area (Å²) in [4.78, 5) is 0. The Bertz CT molecular complexity index is 361. The summed E-state index contributed by atoms with van der Waals surface area (Å²) in [6.45, 7) is 0.988. The van der Waals surface area contributed by atoms with Gasteiger partial charge in [0.2, 0.25) is 0 Å². The first-order chi connectivity index (χ1) is 8.84. The van der Waals surface area contributed by atoms with Crippen molar-refractivity contribution >= 4 is 23.0 Å². The van der Waals surface area contributed by atoms with Gasteiger partial charge in [-0.25, -0.2) is 0 Å². The molecule has 1 aromatic carbocycles. The summed E-state index contributed by atoms with van der Waals surface area (Å²) in [5.41, 5.74) is 7.10. The molecule has 0 amide bonds. The van der Waals surface area contributed by atoms with Crippen LogP contribution in [0.5, 0.6) is 0 Å². The maximum absolute atomic E-state index is 5.24. The zero-order chi connectivity index (χ0) is 12.6. The number of hydrazine groups is 1. The van der Waals surface area contributed by atoms with Gasteiger partial charge in [0.25, 0.3) is 0 Å². The van der Waals surface area contributed by atoms with Gasteiger partial charge in [-0.05, 0) is 43.1 Å². The van der Waals surface area contributed by atoms with Gasteiger partial charge in [-0.15, -0.1) is 0 Å². The van der Waals surface area contributed by atoms with E-state index < -0.39 is 0 Å². The van der Waals surface area contributed by atoms with E-state index >= 15 is 0 Å². The number of benzene rings is 1. The van der Waals surface area contributed by atoms with Crippen LogP contribution in [0, 0.1) is 5.92 Å². The van der Waals surface area contributed by atoms with Crippen molar-refractivity contribution in [2.75, 3.05) is 12.0 Å². The van der Waals surface area contributed by atoms with Gasteiger partial charge in [0, 0.05) is 6.54 Å². The molecule has 0 radical (unpaired) electrons. The van der Waals surface area contributed by atoms with Crippen LogP contribution in [-0.4, -0.2) is 11.7 Å². The van der Waals surface area contributed by atoms with Crippen LogP contribution in [0.25, 0.3) is 0 Å². The molecular formula is C14H21N3S. The lowest BCUT2D eigenvalue weighted by molar-refractivity contribution is 0.356. The van der Waals surface area contributed by atoms with Gasteiger partial charge in [-0.3, -0.25) is 10.9 Å². The fraction of sp³-hybridized carbons (Fsp3) is 0.500. The number of rotatable bonds is 4. The Kier molecular flexibility index (Phi) is 5.27. The summed E-state index contributed by atoms with van der Waals surface area (Å²) >= 11 is 5.24. The van der Waals surface area contributed by atoms with Crippen LogP contribution in [-0.2, 0) is 0 Å². The van der Waals surface area contributed by atoms with Crippen molar-refractivity contribution in [2.45, 2.75) is 32.1 Å². The Morgan fingerprint density at radius 3 is 2.56 bits per heavy atom. The van der Waals surface area contributed by atoms with E-state index in [0.717, 1.165) is 18.2 Å². The minimum absolute atomic E-state index is 0.671. The molecule has 1 saturated carbocycles. The average molecular weight is 263 g/mol. The first kappa shape index (κ1) is 13.1. The second-order valence-corrected chi connectivity index (χ2v) is 5.24. The van der Waals surface area contributed by atoms with Crippen LogP contribution in [0.3, 0.4) is 0 Å². The highest BCUT2D eigenvalue weighted by Gasteiger charge is 2.13. The zero-order valence-electron chi connectivity index (χ0n) is 10.6. The molecular weight excluding hydrogens is 242 g/mol. The van der Waals surface area contributed by atoms with Crippen molar-refractivity contribution in [2.24, 2.45) is 5.92 Å². The molecule has 2 rings (SSSR count). The van der Waals surface area contributed by atoms with Crippen molar-refractivity contribution in [3.8, 4) is 0 Å². The fourth-order valence-electron chi connectivity index (χ4n) is 2.32. The lowest BCUT2D eigenvalue weighted by Crippen LogP contribution is -2.41. The molecule has 4 heteroatoms. The van der Waals surface area contributed by atoms with Crippen LogP contribution < -0.4 is 16.2 Å². The van der Waals surface area contributed by atoms with E-state index in [-0.39, 0.29) is 0 Å². The lowest BCUT2D eigenvalue weighted by Gasteiger charge is -2.22. The zero-order valence-corrected chi connectivity index (χ0v) is 11.4. The molecule has 0 saturated heterocycles. The number of nitrogens with one attached hydrogen (secondary N) is 3. The molecule has 1 aliphatic carbocycles. The van der Waals surface area contributed by atoms with E-state index in [0.29, 0.717) is 5.11 Å². The van der Waals surface area contributed by atoms with Gasteiger partial charge in [0.1, 0.15) is 0 Å². The predicted octanol–water partition coefficient (Wildman–Crippen LogP) is 3.06. The molecule has 0 aliphatic heterocycles. The van der Waals surface area contributed by atoms with E-state index in [1.807, 2.05) is 30.3 Å². The average Bonchev–Trinajstić information content (AvgIpc) is 2.45. The summed E-state index contributed by atoms with van der Waals surface area (Å²) in [7, 11) is 0. The van der Waals surface area contributed by atoms with Crippen LogP contribution in [0.4, 0.5) is 5.69 Å². The standard InChI is InChI=1S/C14H21N3S/c18-14(15-11-12-7-3-1-4-8-12)17-16-13-9-5-2-6-10-13/h2,5-6,9-10,12,16H,1,3-4,7-8,11H2,(H2,15,17,18). The Morgan fingerprint density at radius 1 is 1.11 bits per heavy atom. The van der Waals surface area contributed by atoms with Crippen molar-refractivity contribution in [1.82, 2.24) is 10.7 Å². The molecule has 18 heavy (non-hydrogen) atoms. The molecule has 0 atom stereocenters. The molecule has 0 bridgehead atoms. The second-order valence-electron chi connectivity index (χ2n) is 4.83. The maximum Gasteiger partial charge on any atom is 0.185 e. The SMILES string of the molecule is S=C(NCC1CCCCC1)NNc1ccccc1. The minimum atomic E-state index is 0.671. The highest BCUT2D eigenvalue weighted by atomic mass is 32.1. The first-order valence-corrected chi connectivity index (χ1v) is 7.10. The normalized spacial score (nSPS) is 16.0. The topological polar surface area (TPSA) is 36.1 Å². The van der Waals surface area contributed by atoms with E-state index in [1.165, 1.54) is 32.1 Å². The molecule has 98 valence electrons. The Hall–Kier alpha value is -1.29. The maximum atomic E-state index is 5.24. The molecule has 0 unspecified atom stereocenters. The first-order valence-electron chi connectivity index (χ1n) is 6.69. The number of hydrogen-bond donors (Lipinski definition) is 3. The van der Waals surface area contributed by atoms with E-state index in [2.05, 4.69) is 16.2 Å². The molecule has 1 fully saturated rings. The van der Waals surface area contributed by atoms with Crippen LogP contribution >= 0.6 is 12.2 Å². The second kappa shape index (κ2) is 7.21. The molecule has 1 aromatic rings. The van der Waals surface area contributed by atoms with Gasteiger partial charge in [-0.1, -0.05) is 37.5 Å². The number of hydrogen-bond acceptors (Lipinski definition) is 2. The Balaban J connectivity index is 1.63. The summed E-state index contributed by atoms with van der Waals surface area (Å²) < 4.78 is 0. The van der Waals surface area contributed by atoms with Crippen molar-refractivity contribution in [1.29, 1.82) is 0 Å². The number of anilines is 1. The molecule has 3 N–H and O–H groups in total. The van der Waals surface area contributed by atoms with Crippen molar-refractivity contribution < 1.29 is 0 Å². The summed E-state index contributed by atoms with van der Waals surface area (Å²) in [5.74, 6) is 0.787.